The monoisotopic (exact) mass is 325 g/mol. The summed E-state index contributed by atoms with van der Waals surface area (Å²) < 4.78 is 7.89. The van der Waals surface area contributed by atoms with Crippen molar-refractivity contribution >= 4 is 32.5 Å². The van der Waals surface area contributed by atoms with Gasteiger partial charge in [0.25, 0.3) is 5.69 Å². The predicted molar refractivity (Wildman–Crippen MR) is 72.9 cm³/mol. The molecule has 1 fully saturated rings. The van der Waals surface area contributed by atoms with Gasteiger partial charge in [0.15, 0.2) is 6.23 Å². The fraction of sp³-hybridized carbons (Fsp3) is 0.417. The molecule has 1 aliphatic rings. The third-order valence-corrected chi connectivity index (χ3v) is 3.92. The fourth-order valence-corrected chi connectivity index (χ4v) is 2.85. The first kappa shape index (κ1) is 12.6. The van der Waals surface area contributed by atoms with Crippen LogP contribution in [0.4, 0.5) is 5.69 Å². The van der Waals surface area contributed by atoms with Crippen molar-refractivity contribution in [1.29, 1.82) is 0 Å². The molecular formula is C12H12BrN3O3. The molecule has 2 heterocycles. The molecular weight excluding hydrogens is 314 g/mol. The minimum Gasteiger partial charge on any atom is -0.356 e. The summed E-state index contributed by atoms with van der Waals surface area (Å²) >= 11 is 3.21. The number of fused-ring (bicyclic) bond motifs is 1. The maximum Gasteiger partial charge on any atom is 0.285 e. The first-order valence-corrected chi connectivity index (χ1v) is 6.89. The summed E-state index contributed by atoms with van der Waals surface area (Å²) in [4.78, 5) is 10.6. The van der Waals surface area contributed by atoms with Gasteiger partial charge in [-0.2, -0.15) is 5.10 Å². The molecule has 1 aromatic heterocycles. The van der Waals surface area contributed by atoms with Crippen molar-refractivity contribution in [3.8, 4) is 0 Å². The SMILES string of the molecule is O=[N+]([O-])c1cc2c(cnn2C2CCCCO2)cc1Br. The van der Waals surface area contributed by atoms with Crippen LogP contribution in [0.2, 0.25) is 0 Å². The Hall–Kier alpha value is -1.47. The molecule has 1 saturated heterocycles. The Balaban J connectivity index is 2.10. The van der Waals surface area contributed by atoms with E-state index in [4.69, 9.17) is 4.74 Å². The van der Waals surface area contributed by atoms with Gasteiger partial charge >= 0.3 is 0 Å². The van der Waals surface area contributed by atoms with Gasteiger partial charge in [0.1, 0.15) is 0 Å². The molecule has 1 unspecified atom stereocenters. The van der Waals surface area contributed by atoms with E-state index in [0.29, 0.717) is 11.1 Å². The highest BCUT2D eigenvalue weighted by molar-refractivity contribution is 9.10. The summed E-state index contributed by atoms with van der Waals surface area (Å²) in [5.41, 5.74) is 0.784. The summed E-state index contributed by atoms with van der Waals surface area (Å²) in [6, 6.07) is 3.27. The highest BCUT2D eigenvalue weighted by Gasteiger charge is 2.21. The minimum atomic E-state index is -0.400. The van der Waals surface area contributed by atoms with Gasteiger partial charge in [0.2, 0.25) is 0 Å². The number of hydrogen-bond acceptors (Lipinski definition) is 4. The summed E-state index contributed by atoms with van der Waals surface area (Å²) in [6.45, 7) is 0.713. The average molecular weight is 326 g/mol. The van der Waals surface area contributed by atoms with E-state index in [1.54, 1.807) is 23.0 Å². The number of nitro benzene ring substituents is 1. The molecule has 6 nitrogen and oxygen atoms in total. The van der Waals surface area contributed by atoms with Gasteiger partial charge in [-0.25, -0.2) is 4.68 Å². The van der Waals surface area contributed by atoms with Gasteiger partial charge in [-0.1, -0.05) is 0 Å². The van der Waals surface area contributed by atoms with Gasteiger partial charge in [0, 0.05) is 18.1 Å². The summed E-state index contributed by atoms with van der Waals surface area (Å²) in [5, 5.41) is 16.2. The van der Waals surface area contributed by atoms with Crippen LogP contribution in [0.1, 0.15) is 25.5 Å². The Kier molecular flexibility index (Phi) is 3.24. The third kappa shape index (κ3) is 2.23. The molecule has 0 saturated carbocycles. The average Bonchev–Trinajstić information content (AvgIpc) is 2.81. The first-order chi connectivity index (χ1) is 9.16. The molecule has 1 atom stereocenters. The standard InChI is InChI=1S/C12H12BrN3O3/c13-9-5-8-7-14-15(12-3-1-2-4-19-12)10(8)6-11(9)16(17)18/h5-7,12H,1-4H2. The van der Waals surface area contributed by atoms with Crippen molar-refractivity contribution in [3.05, 3.63) is 32.9 Å². The molecule has 0 aliphatic carbocycles. The number of nitro groups is 1. The van der Waals surface area contributed by atoms with Crippen LogP contribution in [0, 0.1) is 10.1 Å². The second-order valence-electron chi connectivity index (χ2n) is 4.53. The van der Waals surface area contributed by atoms with Crippen LogP contribution in [0.15, 0.2) is 22.8 Å². The number of hydrogen-bond donors (Lipinski definition) is 0. The molecule has 2 aromatic rings. The maximum atomic E-state index is 11.0. The fourth-order valence-electron chi connectivity index (χ4n) is 2.34. The zero-order valence-corrected chi connectivity index (χ0v) is 11.7. The molecule has 7 heteroatoms. The second kappa shape index (κ2) is 4.90. The van der Waals surface area contributed by atoms with E-state index in [1.165, 1.54) is 0 Å². The van der Waals surface area contributed by atoms with Crippen molar-refractivity contribution in [2.24, 2.45) is 0 Å². The lowest BCUT2D eigenvalue weighted by Crippen LogP contribution is -2.18. The Labute approximate surface area is 117 Å². The smallest absolute Gasteiger partial charge is 0.285 e. The molecule has 3 rings (SSSR count). The van der Waals surface area contributed by atoms with Crippen LogP contribution in [0.25, 0.3) is 10.9 Å². The van der Waals surface area contributed by atoms with Gasteiger partial charge < -0.3 is 4.74 Å². The van der Waals surface area contributed by atoms with E-state index in [9.17, 15) is 10.1 Å². The van der Waals surface area contributed by atoms with Crippen molar-refractivity contribution in [3.63, 3.8) is 0 Å². The van der Waals surface area contributed by atoms with Crippen molar-refractivity contribution < 1.29 is 9.66 Å². The largest absolute Gasteiger partial charge is 0.356 e. The Morgan fingerprint density at radius 2 is 2.32 bits per heavy atom. The topological polar surface area (TPSA) is 70.2 Å². The van der Waals surface area contributed by atoms with Crippen molar-refractivity contribution in [2.75, 3.05) is 6.61 Å². The van der Waals surface area contributed by atoms with Crippen LogP contribution in [-0.4, -0.2) is 21.3 Å². The molecule has 0 bridgehead atoms. The van der Waals surface area contributed by atoms with Crippen LogP contribution in [0.3, 0.4) is 0 Å². The van der Waals surface area contributed by atoms with Crippen LogP contribution in [-0.2, 0) is 4.74 Å². The van der Waals surface area contributed by atoms with Gasteiger partial charge in [-0.05, 0) is 41.3 Å². The van der Waals surface area contributed by atoms with Crippen molar-refractivity contribution in [1.82, 2.24) is 9.78 Å². The number of benzene rings is 1. The number of rotatable bonds is 2. The van der Waals surface area contributed by atoms with E-state index < -0.39 is 4.92 Å². The molecule has 1 aromatic carbocycles. The minimum absolute atomic E-state index is 0.0464. The summed E-state index contributed by atoms with van der Waals surface area (Å²) in [6.07, 6.45) is 4.63. The molecule has 19 heavy (non-hydrogen) atoms. The number of halogens is 1. The van der Waals surface area contributed by atoms with Crippen LogP contribution in [0.5, 0.6) is 0 Å². The highest BCUT2D eigenvalue weighted by Crippen LogP contribution is 2.32. The maximum absolute atomic E-state index is 11.0. The lowest BCUT2D eigenvalue weighted by Gasteiger charge is -2.23. The molecule has 1 aliphatic heterocycles. The quantitative estimate of drug-likeness (QED) is 0.626. The normalized spacial score (nSPS) is 19.7. The molecule has 0 radical (unpaired) electrons. The summed E-state index contributed by atoms with van der Waals surface area (Å²) in [7, 11) is 0. The van der Waals surface area contributed by atoms with E-state index in [0.717, 1.165) is 30.2 Å². The van der Waals surface area contributed by atoms with Crippen LogP contribution < -0.4 is 0 Å². The van der Waals surface area contributed by atoms with Crippen LogP contribution >= 0.6 is 15.9 Å². The van der Waals surface area contributed by atoms with E-state index in [-0.39, 0.29) is 11.9 Å². The Bertz CT molecular complexity index is 634. The highest BCUT2D eigenvalue weighted by atomic mass is 79.9. The Morgan fingerprint density at radius 3 is 3.00 bits per heavy atom. The number of ether oxygens (including phenoxy) is 1. The first-order valence-electron chi connectivity index (χ1n) is 6.09. The third-order valence-electron chi connectivity index (χ3n) is 3.29. The zero-order chi connectivity index (χ0) is 13.4. The number of aromatic nitrogens is 2. The summed E-state index contributed by atoms with van der Waals surface area (Å²) in [5.74, 6) is 0. The molecule has 0 N–H and O–H groups in total. The lowest BCUT2D eigenvalue weighted by molar-refractivity contribution is -0.385. The molecule has 0 amide bonds. The Morgan fingerprint density at radius 1 is 1.47 bits per heavy atom. The zero-order valence-electron chi connectivity index (χ0n) is 10.1. The van der Waals surface area contributed by atoms with Gasteiger partial charge in [-0.15, -0.1) is 0 Å². The molecule has 0 spiro atoms. The van der Waals surface area contributed by atoms with E-state index in [2.05, 4.69) is 21.0 Å². The van der Waals surface area contributed by atoms with Crippen molar-refractivity contribution in [2.45, 2.75) is 25.5 Å². The molecule has 100 valence electrons. The van der Waals surface area contributed by atoms with E-state index in [1.807, 2.05) is 0 Å². The van der Waals surface area contributed by atoms with Gasteiger partial charge in [0.05, 0.1) is 21.1 Å². The van der Waals surface area contributed by atoms with E-state index >= 15 is 0 Å². The predicted octanol–water partition coefficient (Wildman–Crippen LogP) is 3.41. The number of nitrogens with zero attached hydrogens (tertiary/aromatic N) is 3. The lowest BCUT2D eigenvalue weighted by atomic mass is 10.2. The van der Waals surface area contributed by atoms with Gasteiger partial charge in [-0.3, -0.25) is 10.1 Å². The second-order valence-corrected chi connectivity index (χ2v) is 5.38.